The first-order valence-corrected chi connectivity index (χ1v) is 5.98. The molecule has 98 valence electrons. The number of likely N-dealkylation sites (N-methyl/N-ethyl adjacent to an activating group) is 1. The van der Waals surface area contributed by atoms with E-state index in [1.807, 2.05) is 6.07 Å². The summed E-state index contributed by atoms with van der Waals surface area (Å²) >= 11 is 0. The molecule has 0 aliphatic carbocycles. The highest BCUT2D eigenvalue weighted by Crippen LogP contribution is 2.34. The molecule has 1 atom stereocenters. The third-order valence-corrected chi connectivity index (χ3v) is 3.35. The van der Waals surface area contributed by atoms with Crippen LogP contribution in [-0.2, 0) is 10.4 Å². The van der Waals surface area contributed by atoms with Crippen LogP contribution in [0.15, 0.2) is 35.0 Å². The molecule has 1 unspecified atom stereocenters. The molecule has 1 fully saturated rings. The molecule has 6 nitrogen and oxygen atoms in total. The number of hydrogen-bond donors (Lipinski definition) is 1. The van der Waals surface area contributed by atoms with Crippen molar-refractivity contribution < 1.29 is 14.4 Å². The number of nitrogens with zero attached hydrogens (tertiary/aromatic N) is 3. The Hall–Kier alpha value is -2.21. The fraction of sp³-hybridized carbons (Fsp3) is 0.308. The molecule has 1 amide bonds. The van der Waals surface area contributed by atoms with Gasteiger partial charge in [0.25, 0.3) is 5.91 Å². The van der Waals surface area contributed by atoms with Crippen LogP contribution >= 0.6 is 0 Å². The minimum absolute atomic E-state index is 0.169. The van der Waals surface area contributed by atoms with E-state index in [1.54, 1.807) is 31.4 Å². The maximum absolute atomic E-state index is 11.9. The summed E-state index contributed by atoms with van der Waals surface area (Å²) in [5.74, 6) is -0.196. The Balaban J connectivity index is 1.96. The Morgan fingerprint density at radius 3 is 2.89 bits per heavy atom. The molecule has 1 saturated heterocycles. The van der Waals surface area contributed by atoms with Crippen LogP contribution in [0.25, 0.3) is 11.4 Å². The number of likely N-dealkylation sites (tertiary alicyclic amines) is 1. The summed E-state index contributed by atoms with van der Waals surface area (Å²) in [6.07, 6.45) is 1.95. The predicted molar refractivity (Wildman–Crippen MR) is 65.9 cm³/mol. The Morgan fingerprint density at radius 1 is 1.42 bits per heavy atom. The van der Waals surface area contributed by atoms with E-state index >= 15 is 0 Å². The van der Waals surface area contributed by atoms with Crippen molar-refractivity contribution >= 4 is 5.91 Å². The van der Waals surface area contributed by atoms with Gasteiger partial charge in [0.15, 0.2) is 5.76 Å². The number of amides is 1. The zero-order valence-electron chi connectivity index (χ0n) is 10.4. The third kappa shape index (κ3) is 1.80. The topological polar surface area (TPSA) is 79.5 Å². The van der Waals surface area contributed by atoms with Crippen molar-refractivity contribution in [2.24, 2.45) is 0 Å². The Kier molecular flexibility index (Phi) is 2.60. The van der Waals surface area contributed by atoms with Crippen molar-refractivity contribution in [1.29, 1.82) is 0 Å². The van der Waals surface area contributed by atoms with E-state index < -0.39 is 5.60 Å². The zero-order chi connectivity index (χ0) is 13.5. The highest BCUT2D eigenvalue weighted by atomic mass is 16.5. The van der Waals surface area contributed by atoms with Crippen molar-refractivity contribution in [1.82, 2.24) is 15.0 Å². The van der Waals surface area contributed by atoms with Gasteiger partial charge in [0.2, 0.25) is 5.60 Å². The largest absolute Gasteiger partial charge is 0.373 e. The van der Waals surface area contributed by atoms with Gasteiger partial charge in [-0.3, -0.25) is 9.78 Å². The van der Waals surface area contributed by atoms with Gasteiger partial charge < -0.3 is 14.5 Å². The lowest BCUT2D eigenvalue weighted by molar-refractivity contribution is -0.144. The molecule has 1 aliphatic rings. The standard InChI is InChI=1S/C13H13N3O3/c1-16-7-5-13(18,12(16)17)11-8-10(15-19-11)9-4-2-3-6-14-9/h2-4,6,8,18H,5,7H2,1H3. The maximum Gasteiger partial charge on any atom is 0.262 e. The van der Waals surface area contributed by atoms with Gasteiger partial charge in [-0.05, 0) is 12.1 Å². The summed E-state index contributed by atoms with van der Waals surface area (Å²) in [6.45, 7) is 0.495. The van der Waals surface area contributed by atoms with E-state index in [0.29, 0.717) is 24.4 Å². The molecule has 2 aromatic rings. The number of hydrogen-bond acceptors (Lipinski definition) is 5. The van der Waals surface area contributed by atoms with Gasteiger partial charge in [0.1, 0.15) is 5.69 Å². The lowest BCUT2D eigenvalue weighted by Gasteiger charge is -2.16. The molecule has 0 aromatic carbocycles. The predicted octanol–water partition coefficient (Wildman–Crippen LogP) is 0.786. The van der Waals surface area contributed by atoms with E-state index in [1.165, 1.54) is 4.90 Å². The Bertz CT molecular complexity index is 611. The summed E-state index contributed by atoms with van der Waals surface area (Å²) in [5, 5.41) is 14.3. The molecule has 6 heteroatoms. The van der Waals surface area contributed by atoms with Crippen LogP contribution in [0.3, 0.4) is 0 Å². The molecule has 2 aromatic heterocycles. The van der Waals surface area contributed by atoms with Crippen LogP contribution < -0.4 is 0 Å². The summed E-state index contributed by atoms with van der Waals surface area (Å²) in [7, 11) is 1.65. The summed E-state index contributed by atoms with van der Waals surface area (Å²) < 4.78 is 5.14. The normalized spacial score (nSPS) is 23.1. The van der Waals surface area contributed by atoms with Gasteiger partial charge >= 0.3 is 0 Å². The second kappa shape index (κ2) is 4.17. The Morgan fingerprint density at radius 2 is 2.26 bits per heavy atom. The first-order chi connectivity index (χ1) is 9.11. The molecule has 0 bridgehead atoms. The van der Waals surface area contributed by atoms with Gasteiger partial charge in [0.05, 0.1) is 5.69 Å². The lowest BCUT2D eigenvalue weighted by Crippen LogP contribution is -2.35. The van der Waals surface area contributed by atoms with Gasteiger partial charge in [-0.2, -0.15) is 0 Å². The molecule has 0 spiro atoms. The number of carbonyl (C=O) groups excluding carboxylic acids is 1. The van der Waals surface area contributed by atoms with Crippen LogP contribution in [0.1, 0.15) is 12.2 Å². The monoisotopic (exact) mass is 259 g/mol. The van der Waals surface area contributed by atoms with Gasteiger partial charge in [-0.25, -0.2) is 0 Å². The molecule has 19 heavy (non-hydrogen) atoms. The number of aliphatic hydroxyl groups is 1. The quantitative estimate of drug-likeness (QED) is 0.862. The Labute approximate surface area is 109 Å². The van der Waals surface area contributed by atoms with Crippen molar-refractivity contribution in [3.05, 3.63) is 36.2 Å². The van der Waals surface area contributed by atoms with E-state index in [9.17, 15) is 9.90 Å². The fourth-order valence-electron chi connectivity index (χ4n) is 2.19. The van der Waals surface area contributed by atoms with Gasteiger partial charge in [-0.1, -0.05) is 11.2 Å². The van der Waals surface area contributed by atoms with E-state index in [0.717, 1.165) is 0 Å². The molecule has 0 radical (unpaired) electrons. The summed E-state index contributed by atoms with van der Waals surface area (Å²) in [6, 6.07) is 6.99. The highest BCUT2D eigenvalue weighted by Gasteiger charge is 2.48. The SMILES string of the molecule is CN1CCC(O)(c2cc(-c3ccccn3)no2)C1=O. The first kappa shape index (κ1) is 11.9. The highest BCUT2D eigenvalue weighted by molar-refractivity contribution is 5.87. The molecular weight excluding hydrogens is 246 g/mol. The third-order valence-electron chi connectivity index (χ3n) is 3.35. The lowest BCUT2D eigenvalue weighted by atomic mass is 9.98. The van der Waals surface area contributed by atoms with Crippen LogP contribution in [0.4, 0.5) is 0 Å². The second-order valence-corrected chi connectivity index (χ2v) is 4.63. The van der Waals surface area contributed by atoms with Crippen molar-refractivity contribution in [2.75, 3.05) is 13.6 Å². The first-order valence-electron chi connectivity index (χ1n) is 5.98. The second-order valence-electron chi connectivity index (χ2n) is 4.63. The van der Waals surface area contributed by atoms with E-state index in [4.69, 9.17) is 4.52 Å². The smallest absolute Gasteiger partial charge is 0.262 e. The number of rotatable bonds is 2. The van der Waals surface area contributed by atoms with Crippen LogP contribution in [0, 0.1) is 0 Å². The zero-order valence-corrected chi connectivity index (χ0v) is 10.4. The summed E-state index contributed by atoms with van der Waals surface area (Å²) in [5.41, 5.74) is -0.458. The summed E-state index contributed by atoms with van der Waals surface area (Å²) in [4.78, 5) is 17.6. The fourth-order valence-corrected chi connectivity index (χ4v) is 2.19. The number of pyridine rings is 1. The molecule has 1 aliphatic heterocycles. The van der Waals surface area contributed by atoms with Crippen LogP contribution in [-0.4, -0.2) is 39.6 Å². The molecule has 0 saturated carbocycles. The average molecular weight is 259 g/mol. The van der Waals surface area contributed by atoms with E-state index in [2.05, 4.69) is 10.1 Å². The number of carbonyl (C=O) groups is 1. The van der Waals surface area contributed by atoms with Crippen molar-refractivity contribution in [2.45, 2.75) is 12.0 Å². The van der Waals surface area contributed by atoms with Crippen LogP contribution in [0.5, 0.6) is 0 Å². The van der Waals surface area contributed by atoms with E-state index in [-0.39, 0.29) is 11.7 Å². The average Bonchev–Trinajstić information content (AvgIpc) is 3.03. The molecule has 1 N–H and O–H groups in total. The molecule has 3 heterocycles. The van der Waals surface area contributed by atoms with Crippen molar-refractivity contribution in [3.63, 3.8) is 0 Å². The van der Waals surface area contributed by atoms with Gasteiger partial charge in [0, 0.05) is 32.3 Å². The van der Waals surface area contributed by atoms with Crippen molar-refractivity contribution in [3.8, 4) is 11.4 Å². The minimum Gasteiger partial charge on any atom is -0.373 e. The van der Waals surface area contributed by atoms with Gasteiger partial charge in [-0.15, -0.1) is 0 Å². The van der Waals surface area contributed by atoms with Crippen LogP contribution in [0.2, 0.25) is 0 Å². The molecular formula is C13H13N3O3. The molecule has 3 rings (SSSR count). The minimum atomic E-state index is -1.60. The maximum atomic E-state index is 11.9. The number of aromatic nitrogens is 2.